The number of halogens is 2. The van der Waals surface area contributed by atoms with Gasteiger partial charge in [-0.2, -0.15) is 5.10 Å². The van der Waals surface area contributed by atoms with E-state index in [0.29, 0.717) is 38.0 Å². The molecule has 0 radical (unpaired) electrons. The van der Waals surface area contributed by atoms with Crippen LogP contribution >= 0.6 is 23.2 Å². The molecule has 0 saturated heterocycles. The van der Waals surface area contributed by atoms with E-state index in [1.54, 1.807) is 74.5 Å². The van der Waals surface area contributed by atoms with Gasteiger partial charge in [0.2, 0.25) is 0 Å². The number of carbonyl (C=O) groups excluding carboxylic acids is 2. The molecule has 0 aliphatic carbocycles. The van der Waals surface area contributed by atoms with Crippen molar-refractivity contribution >= 4 is 46.8 Å². The fourth-order valence-electron chi connectivity index (χ4n) is 2.88. The van der Waals surface area contributed by atoms with E-state index >= 15 is 0 Å². The zero-order valence-corrected chi connectivity index (χ0v) is 19.4. The van der Waals surface area contributed by atoms with E-state index in [9.17, 15) is 14.7 Å². The Hall–Kier alpha value is -3.61. The van der Waals surface area contributed by atoms with E-state index in [0.717, 1.165) is 0 Å². The second kappa shape index (κ2) is 10.8. The topological polar surface area (TPSA) is 90.8 Å². The molecule has 0 aliphatic heterocycles. The van der Waals surface area contributed by atoms with Crippen molar-refractivity contribution in [1.29, 1.82) is 0 Å². The van der Waals surface area contributed by atoms with Crippen molar-refractivity contribution in [2.24, 2.45) is 5.10 Å². The van der Waals surface area contributed by atoms with Gasteiger partial charge in [-0.15, -0.1) is 0 Å². The molecule has 33 heavy (non-hydrogen) atoms. The maximum absolute atomic E-state index is 12.9. The Bertz CT molecular complexity index is 1240. The van der Waals surface area contributed by atoms with E-state index in [4.69, 9.17) is 23.2 Å². The summed E-state index contributed by atoms with van der Waals surface area (Å²) in [4.78, 5) is 25.5. The lowest BCUT2D eigenvalue weighted by molar-refractivity contribution is -0.117. The van der Waals surface area contributed by atoms with Gasteiger partial charge in [0.15, 0.2) is 0 Å². The molecule has 0 aromatic heterocycles. The number of rotatable bonds is 6. The number of phenols is 1. The van der Waals surface area contributed by atoms with E-state index in [2.05, 4.69) is 15.8 Å². The minimum absolute atomic E-state index is 0.0123. The van der Waals surface area contributed by atoms with Crippen molar-refractivity contribution in [1.82, 2.24) is 10.7 Å². The monoisotopic (exact) mass is 481 g/mol. The smallest absolute Gasteiger partial charge is 0.287 e. The minimum atomic E-state index is -0.647. The molecule has 3 rings (SSSR count). The third kappa shape index (κ3) is 6.44. The van der Waals surface area contributed by atoms with Crippen molar-refractivity contribution in [3.8, 4) is 5.75 Å². The molecule has 0 fully saturated rings. The zero-order chi connectivity index (χ0) is 24.0. The molecule has 2 amide bonds. The van der Waals surface area contributed by atoms with Crippen LogP contribution in [-0.2, 0) is 4.79 Å². The molecule has 3 aromatic carbocycles. The van der Waals surface area contributed by atoms with Crippen molar-refractivity contribution in [3.63, 3.8) is 0 Å². The minimum Gasteiger partial charge on any atom is -0.507 e. The maximum Gasteiger partial charge on any atom is 0.287 e. The molecule has 0 atom stereocenters. The average Bonchev–Trinajstić information content (AvgIpc) is 2.81. The summed E-state index contributed by atoms with van der Waals surface area (Å²) in [5.74, 6) is -1.11. The Labute approximate surface area is 201 Å². The molecule has 0 bridgehead atoms. The lowest BCUT2D eigenvalue weighted by atomic mass is 10.1. The van der Waals surface area contributed by atoms with Gasteiger partial charge in [-0.1, -0.05) is 53.5 Å². The van der Waals surface area contributed by atoms with Crippen LogP contribution < -0.4 is 10.7 Å². The summed E-state index contributed by atoms with van der Waals surface area (Å²) in [6.45, 7) is 3.38. The van der Waals surface area contributed by atoms with Gasteiger partial charge in [-0.05, 0) is 67.4 Å². The number of hydrogen-bond donors (Lipinski definition) is 3. The number of amides is 2. The molecule has 3 N–H and O–H groups in total. The van der Waals surface area contributed by atoms with Gasteiger partial charge in [0.1, 0.15) is 11.4 Å². The first-order valence-corrected chi connectivity index (χ1v) is 10.7. The first-order chi connectivity index (χ1) is 15.7. The molecule has 0 aliphatic rings. The Balaban J connectivity index is 1.87. The summed E-state index contributed by atoms with van der Waals surface area (Å²) in [6, 6.07) is 18.4. The van der Waals surface area contributed by atoms with Crippen LogP contribution in [0, 0.1) is 6.92 Å². The van der Waals surface area contributed by atoms with Crippen molar-refractivity contribution in [3.05, 3.63) is 105 Å². The number of aromatic hydroxyl groups is 1. The highest BCUT2D eigenvalue weighted by atomic mass is 35.5. The van der Waals surface area contributed by atoms with E-state index in [1.807, 2.05) is 0 Å². The molecular weight excluding hydrogens is 461 g/mol. The molecule has 0 spiro atoms. The fraction of sp³-hybridized carbons (Fsp3) is 0.0800. The highest BCUT2D eigenvalue weighted by Crippen LogP contribution is 2.26. The Morgan fingerprint density at radius 3 is 2.33 bits per heavy atom. The summed E-state index contributed by atoms with van der Waals surface area (Å²) < 4.78 is 0. The van der Waals surface area contributed by atoms with Crippen molar-refractivity contribution in [2.75, 3.05) is 0 Å². The maximum atomic E-state index is 12.9. The van der Waals surface area contributed by atoms with Gasteiger partial charge in [0.25, 0.3) is 11.8 Å². The predicted molar refractivity (Wildman–Crippen MR) is 132 cm³/mol. The van der Waals surface area contributed by atoms with Crippen LogP contribution in [0.4, 0.5) is 0 Å². The van der Waals surface area contributed by atoms with Crippen LogP contribution in [0.15, 0.2) is 77.5 Å². The molecule has 6 nitrogen and oxygen atoms in total. The average molecular weight is 482 g/mol. The molecule has 0 heterocycles. The Morgan fingerprint density at radius 2 is 1.67 bits per heavy atom. The number of phenolic OH excluding ortho intramolecular Hbond substituents is 1. The normalized spacial score (nSPS) is 11.8. The van der Waals surface area contributed by atoms with Crippen LogP contribution in [-0.4, -0.2) is 22.6 Å². The van der Waals surface area contributed by atoms with Crippen LogP contribution in [0.3, 0.4) is 0 Å². The standard InChI is InChI=1S/C25H21Cl2N3O3/c1-15-12-23(31)20(14-21(15)27)16(2)29-30-25(33)22(13-17-8-10-19(26)11-9-17)28-24(32)18-6-4-3-5-7-18/h3-14,31H,1-2H3,(H,28,32)(H,30,33). The SMILES string of the molecule is CC(=NNC(=O)C(=Cc1ccc(Cl)cc1)NC(=O)c1ccccc1)c1cc(Cl)c(C)cc1O. The lowest BCUT2D eigenvalue weighted by Gasteiger charge is -2.11. The summed E-state index contributed by atoms with van der Waals surface area (Å²) in [7, 11) is 0. The third-order valence-electron chi connectivity index (χ3n) is 4.70. The fourth-order valence-corrected chi connectivity index (χ4v) is 3.17. The van der Waals surface area contributed by atoms with Crippen LogP contribution in [0.1, 0.15) is 34.0 Å². The summed E-state index contributed by atoms with van der Waals surface area (Å²) in [5.41, 5.74) is 4.87. The first-order valence-electron chi connectivity index (χ1n) is 9.92. The van der Waals surface area contributed by atoms with E-state index in [1.165, 1.54) is 12.1 Å². The highest BCUT2D eigenvalue weighted by molar-refractivity contribution is 6.32. The summed E-state index contributed by atoms with van der Waals surface area (Å²) in [6.07, 6.45) is 1.51. The van der Waals surface area contributed by atoms with Crippen LogP contribution in [0.25, 0.3) is 6.08 Å². The highest BCUT2D eigenvalue weighted by Gasteiger charge is 2.15. The lowest BCUT2D eigenvalue weighted by Crippen LogP contribution is -2.33. The first kappa shape index (κ1) is 24.0. The van der Waals surface area contributed by atoms with Gasteiger partial charge < -0.3 is 10.4 Å². The number of carbonyl (C=O) groups is 2. The number of nitrogens with zero attached hydrogens (tertiary/aromatic N) is 1. The van der Waals surface area contributed by atoms with Crippen molar-refractivity contribution < 1.29 is 14.7 Å². The van der Waals surface area contributed by atoms with Gasteiger partial charge in [0.05, 0.1) is 5.71 Å². The van der Waals surface area contributed by atoms with Gasteiger partial charge in [0, 0.05) is 21.2 Å². The molecular formula is C25H21Cl2N3O3. The van der Waals surface area contributed by atoms with Gasteiger partial charge in [-0.3, -0.25) is 9.59 Å². The number of hydrazone groups is 1. The van der Waals surface area contributed by atoms with Gasteiger partial charge >= 0.3 is 0 Å². The van der Waals surface area contributed by atoms with Crippen LogP contribution in [0.2, 0.25) is 10.0 Å². The van der Waals surface area contributed by atoms with Gasteiger partial charge in [-0.25, -0.2) is 5.43 Å². The number of nitrogens with one attached hydrogen (secondary N) is 2. The molecule has 0 saturated carbocycles. The van der Waals surface area contributed by atoms with Crippen molar-refractivity contribution in [2.45, 2.75) is 13.8 Å². The molecule has 168 valence electrons. The number of aryl methyl sites for hydroxylation is 1. The largest absolute Gasteiger partial charge is 0.507 e. The number of hydrogen-bond acceptors (Lipinski definition) is 4. The zero-order valence-electron chi connectivity index (χ0n) is 17.9. The second-order valence-electron chi connectivity index (χ2n) is 7.19. The van der Waals surface area contributed by atoms with E-state index < -0.39 is 11.8 Å². The summed E-state index contributed by atoms with van der Waals surface area (Å²) >= 11 is 12.1. The molecule has 0 unspecified atom stereocenters. The predicted octanol–water partition coefficient (Wildman–Crippen LogP) is 5.32. The Morgan fingerprint density at radius 1 is 1.00 bits per heavy atom. The number of benzene rings is 3. The Kier molecular flexibility index (Phi) is 7.87. The third-order valence-corrected chi connectivity index (χ3v) is 5.36. The van der Waals surface area contributed by atoms with Crippen LogP contribution in [0.5, 0.6) is 5.75 Å². The quantitative estimate of drug-likeness (QED) is 0.252. The summed E-state index contributed by atoms with van der Waals surface area (Å²) in [5, 5.41) is 17.9. The second-order valence-corrected chi connectivity index (χ2v) is 8.03. The molecule has 8 heteroatoms. The van der Waals surface area contributed by atoms with E-state index in [-0.39, 0.29) is 11.4 Å². The molecule has 3 aromatic rings.